The Morgan fingerprint density at radius 1 is 1.28 bits per heavy atom. The van der Waals surface area contributed by atoms with Crippen molar-refractivity contribution in [3.63, 3.8) is 0 Å². The van der Waals surface area contributed by atoms with Gasteiger partial charge in [-0.25, -0.2) is 4.98 Å². The molecule has 1 aliphatic heterocycles. The van der Waals surface area contributed by atoms with Crippen LogP contribution in [-0.2, 0) is 6.42 Å². The van der Waals surface area contributed by atoms with Gasteiger partial charge in [0.25, 0.3) is 0 Å². The van der Waals surface area contributed by atoms with Crippen LogP contribution < -0.4 is 21.3 Å². The molecule has 4 N–H and O–H groups in total. The van der Waals surface area contributed by atoms with Gasteiger partial charge in [0, 0.05) is 49.7 Å². The van der Waals surface area contributed by atoms with E-state index in [4.69, 9.17) is 16.0 Å². The van der Waals surface area contributed by atoms with Crippen molar-refractivity contribution in [2.45, 2.75) is 32.2 Å². The minimum Gasteiger partial charge on any atom is -0.355 e. The van der Waals surface area contributed by atoms with Gasteiger partial charge in [0.15, 0.2) is 0 Å². The Hall–Kier alpha value is -2.11. The number of nitriles is 1. The van der Waals surface area contributed by atoms with Crippen molar-refractivity contribution >= 4 is 42.3 Å². The highest BCUT2D eigenvalue weighted by atomic mass is 35.5. The predicted octanol–water partition coefficient (Wildman–Crippen LogP) is 3.01. The second-order valence-corrected chi connectivity index (χ2v) is 6.78. The Kier molecular flexibility index (Phi) is 10.7. The first-order valence-electron chi connectivity index (χ1n) is 9.55. The maximum atomic E-state index is 9.09. The average Bonchev–Trinajstić information content (AvgIpc) is 3.15. The second kappa shape index (κ2) is 12.5. The van der Waals surface area contributed by atoms with Crippen LogP contribution in [0.5, 0.6) is 0 Å². The van der Waals surface area contributed by atoms with Crippen molar-refractivity contribution in [2.24, 2.45) is 5.73 Å². The number of benzene rings is 1. The first-order valence-corrected chi connectivity index (χ1v) is 9.55. The molecular weight excluding hydrogens is 409 g/mol. The molecule has 9 heteroatoms. The monoisotopic (exact) mass is 437 g/mol. The van der Waals surface area contributed by atoms with Gasteiger partial charge in [-0.15, -0.1) is 24.8 Å². The molecule has 0 unspecified atom stereocenters. The van der Waals surface area contributed by atoms with Crippen LogP contribution in [-0.4, -0.2) is 42.2 Å². The molecule has 3 rings (SSSR count). The topological polar surface area (TPSA) is 103 Å². The lowest BCUT2D eigenvalue weighted by Gasteiger charge is -2.20. The van der Waals surface area contributed by atoms with Gasteiger partial charge in [0.2, 0.25) is 5.95 Å². The van der Waals surface area contributed by atoms with Gasteiger partial charge in [-0.2, -0.15) is 10.2 Å². The minimum atomic E-state index is 0. The number of hydrogen-bond donors (Lipinski definition) is 3. The number of aromatic nitrogens is 2. The van der Waals surface area contributed by atoms with Gasteiger partial charge in [0.05, 0.1) is 11.6 Å². The maximum Gasteiger partial charge on any atom is 0.229 e. The van der Waals surface area contributed by atoms with Gasteiger partial charge in [-0.05, 0) is 31.0 Å². The standard InChI is InChI=1S/C20H27N7.2ClH/c1-2-4-16-12-19(27-10-7-18(14-27)23-9-8-21)26-20(24-16)25-17-6-3-5-15(11-17)13-22;;/h3,5-6,11-12,18,23H,2,4,7-10,14,21H2,1H3,(H,24,25,26);2*1H/t18-;;/m0../s1. The number of nitrogens with two attached hydrogens (primary N) is 1. The SMILES string of the molecule is CCCc1cc(N2CC[C@H](NCCN)C2)nc(Nc2cccc(C#N)c2)n1.Cl.Cl. The smallest absolute Gasteiger partial charge is 0.229 e. The molecule has 0 radical (unpaired) electrons. The third-order valence-corrected chi connectivity index (χ3v) is 4.61. The fourth-order valence-corrected chi connectivity index (χ4v) is 3.30. The molecule has 0 saturated carbocycles. The summed E-state index contributed by atoms with van der Waals surface area (Å²) < 4.78 is 0. The summed E-state index contributed by atoms with van der Waals surface area (Å²) in [6.07, 6.45) is 3.02. The fraction of sp³-hybridized carbons (Fsp3) is 0.450. The summed E-state index contributed by atoms with van der Waals surface area (Å²) in [5, 5.41) is 15.8. The zero-order valence-corrected chi connectivity index (χ0v) is 18.2. The maximum absolute atomic E-state index is 9.09. The van der Waals surface area contributed by atoms with Gasteiger partial charge < -0.3 is 21.3 Å². The van der Waals surface area contributed by atoms with E-state index in [2.05, 4.69) is 39.6 Å². The van der Waals surface area contributed by atoms with E-state index in [1.807, 2.05) is 12.1 Å². The molecule has 1 aliphatic rings. The van der Waals surface area contributed by atoms with Crippen LogP contribution in [0, 0.1) is 11.3 Å². The number of nitrogens with zero attached hydrogens (tertiary/aromatic N) is 4. The lowest BCUT2D eigenvalue weighted by atomic mass is 10.2. The quantitative estimate of drug-likeness (QED) is 0.582. The Morgan fingerprint density at radius 2 is 2.10 bits per heavy atom. The molecule has 0 bridgehead atoms. The van der Waals surface area contributed by atoms with E-state index in [1.165, 1.54) is 0 Å². The first kappa shape index (κ1) is 24.9. The van der Waals surface area contributed by atoms with Crippen molar-refractivity contribution in [3.8, 4) is 6.07 Å². The number of aryl methyl sites for hydroxylation is 1. The van der Waals surface area contributed by atoms with Crippen LogP contribution in [0.2, 0.25) is 0 Å². The van der Waals surface area contributed by atoms with E-state index in [9.17, 15) is 0 Å². The van der Waals surface area contributed by atoms with E-state index in [0.717, 1.165) is 56.1 Å². The van der Waals surface area contributed by atoms with Crippen molar-refractivity contribution in [1.29, 1.82) is 5.26 Å². The van der Waals surface area contributed by atoms with E-state index >= 15 is 0 Å². The Labute approximate surface area is 184 Å². The largest absolute Gasteiger partial charge is 0.355 e. The molecular formula is C20H29Cl2N7. The normalized spacial score (nSPS) is 15.2. The summed E-state index contributed by atoms with van der Waals surface area (Å²) in [5.41, 5.74) is 8.05. The third kappa shape index (κ3) is 7.02. The Bertz CT molecular complexity index is 810. The summed E-state index contributed by atoms with van der Waals surface area (Å²) >= 11 is 0. The number of rotatable bonds is 8. The molecule has 1 atom stereocenters. The molecule has 0 spiro atoms. The van der Waals surface area contributed by atoms with Crippen LogP contribution in [0.15, 0.2) is 30.3 Å². The van der Waals surface area contributed by atoms with Gasteiger partial charge in [-0.1, -0.05) is 19.4 Å². The third-order valence-electron chi connectivity index (χ3n) is 4.61. The molecule has 0 aliphatic carbocycles. The van der Waals surface area contributed by atoms with E-state index in [-0.39, 0.29) is 24.8 Å². The molecule has 7 nitrogen and oxygen atoms in total. The lowest BCUT2D eigenvalue weighted by molar-refractivity contribution is 0.559. The Balaban J connectivity index is 0.00000210. The number of anilines is 3. The highest BCUT2D eigenvalue weighted by molar-refractivity contribution is 5.85. The zero-order valence-electron chi connectivity index (χ0n) is 16.6. The van der Waals surface area contributed by atoms with Gasteiger partial charge >= 0.3 is 0 Å². The van der Waals surface area contributed by atoms with E-state index in [1.54, 1.807) is 12.1 Å². The number of nitrogens with one attached hydrogen (secondary N) is 2. The first-order chi connectivity index (χ1) is 13.2. The fourth-order valence-electron chi connectivity index (χ4n) is 3.30. The predicted molar refractivity (Wildman–Crippen MR) is 123 cm³/mol. The molecule has 158 valence electrons. The van der Waals surface area contributed by atoms with E-state index in [0.29, 0.717) is 24.1 Å². The molecule has 1 saturated heterocycles. The van der Waals surface area contributed by atoms with Crippen LogP contribution in [0.25, 0.3) is 0 Å². The number of halogens is 2. The summed E-state index contributed by atoms with van der Waals surface area (Å²) in [4.78, 5) is 11.7. The molecule has 2 aromatic rings. The van der Waals surface area contributed by atoms with Crippen molar-refractivity contribution in [3.05, 3.63) is 41.6 Å². The van der Waals surface area contributed by atoms with Crippen LogP contribution >= 0.6 is 24.8 Å². The summed E-state index contributed by atoms with van der Waals surface area (Å²) in [6, 6.07) is 12.0. The second-order valence-electron chi connectivity index (χ2n) is 6.78. The molecule has 1 fully saturated rings. The van der Waals surface area contributed by atoms with Crippen molar-refractivity contribution in [1.82, 2.24) is 15.3 Å². The Morgan fingerprint density at radius 3 is 2.83 bits per heavy atom. The van der Waals surface area contributed by atoms with Crippen LogP contribution in [0.1, 0.15) is 31.0 Å². The lowest BCUT2D eigenvalue weighted by Crippen LogP contribution is -2.35. The van der Waals surface area contributed by atoms with Gasteiger partial charge in [-0.3, -0.25) is 0 Å². The summed E-state index contributed by atoms with van der Waals surface area (Å²) in [6.45, 7) is 5.53. The van der Waals surface area contributed by atoms with Crippen molar-refractivity contribution in [2.75, 3.05) is 36.4 Å². The van der Waals surface area contributed by atoms with Gasteiger partial charge in [0.1, 0.15) is 5.82 Å². The van der Waals surface area contributed by atoms with Crippen LogP contribution in [0.3, 0.4) is 0 Å². The molecule has 1 aromatic carbocycles. The summed E-state index contributed by atoms with van der Waals surface area (Å²) in [7, 11) is 0. The molecule has 0 amide bonds. The van der Waals surface area contributed by atoms with E-state index < -0.39 is 0 Å². The van der Waals surface area contributed by atoms with Crippen molar-refractivity contribution < 1.29 is 0 Å². The molecule has 2 heterocycles. The number of hydrogen-bond acceptors (Lipinski definition) is 7. The molecule has 29 heavy (non-hydrogen) atoms. The average molecular weight is 438 g/mol. The highest BCUT2D eigenvalue weighted by Gasteiger charge is 2.23. The molecule has 1 aromatic heterocycles. The highest BCUT2D eigenvalue weighted by Crippen LogP contribution is 2.23. The minimum absolute atomic E-state index is 0. The van der Waals surface area contributed by atoms with Crippen LogP contribution in [0.4, 0.5) is 17.5 Å². The summed E-state index contributed by atoms with van der Waals surface area (Å²) in [5.74, 6) is 1.52. The zero-order chi connectivity index (χ0) is 19.1.